The summed E-state index contributed by atoms with van der Waals surface area (Å²) in [5.41, 5.74) is 6.43. The Labute approximate surface area is 114 Å². The van der Waals surface area contributed by atoms with Crippen molar-refractivity contribution in [2.75, 3.05) is 5.73 Å². The summed E-state index contributed by atoms with van der Waals surface area (Å²) < 4.78 is 40.6. The zero-order valence-corrected chi connectivity index (χ0v) is 12.5. The first-order valence-corrected chi connectivity index (χ1v) is 7.75. The van der Waals surface area contributed by atoms with E-state index in [-0.39, 0.29) is 17.6 Å². The Morgan fingerprint density at radius 1 is 1.37 bits per heavy atom. The van der Waals surface area contributed by atoms with Crippen molar-refractivity contribution in [1.29, 1.82) is 0 Å². The summed E-state index contributed by atoms with van der Waals surface area (Å²) in [5.74, 6) is -0.615. The SMILES string of the molecule is CCC(C)C(C)NS(=O)(=O)c1cc(N)c(C)cc1F. The number of hydrogen-bond acceptors (Lipinski definition) is 3. The molecule has 0 bridgehead atoms. The van der Waals surface area contributed by atoms with Crippen molar-refractivity contribution in [3.8, 4) is 0 Å². The molecule has 1 aromatic rings. The quantitative estimate of drug-likeness (QED) is 0.817. The number of halogens is 1. The van der Waals surface area contributed by atoms with Gasteiger partial charge in [0.2, 0.25) is 10.0 Å². The minimum atomic E-state index is -3.89. The highest BCUT2D eigenvalue weighted by Gasteiger charge is 2.24. The fourth-order valence-electron chi connectivity index (χ4n) is 1.65. The lowest BCUT2D eigenvalue weighted by atomic mass is 10.0. The second-order valence-corrected chi connectivity index (χ2v) is 6.62. The van der Waals surface area contributed by atoms with Crippen LogP contribution in [0.15, 0.2) is 17.0 Å². The fourth-order valence-corrected chi connectivity index (χ4v) is 3.10. The Morgan fingerprint density at radius 3 is 2.47 bits per heavy atom. The van der Waals surface area contributed by atoms with Gasteiger partial charge in [-0.1, -0.05) is 20.3 Å². The molecule has 0 saturated heterocycles. The predicted octanol–water partition coefficient (Wildman–Crippen LogP) is 2.43. The van der Waals surface area contributed by atoms with Crippen LogP contribution in [-0.4, -0.2) is 14.5 Å². The lowest BCUT2D eigenvalue weighted by Crippen LogP contribution is -2.37. The van der Waals surface area contributed by atoms with Crippen LogP contribution >= 0.6 is 0 Å². The van der Waals surface area contributed by atoms with Gasteiger partial charge in [-0.15, -0.1) is 0 Å². The molecule has 0 spiro atoms. The molecular formula is C13H21FN2O2S. The van der Waals surface area contributed by atoms with Gasteiger partial charge in [-0.2, -0.15) is 0 Å². The monoisotopic (exact) mass is 288 g/mol. The van der Waals surface area contributed by atoms with Crippen LogP contribution in [0.2, 0.25) is 0 Å². The second kappa shape index (κ2) is 5.88. The molecule has 3 N–H and O–H groups in total. The molecule has 0 aliphatic rings. The van der Waals surface area contributed by atoms with E-state index in [0.29, 0.717) is 5.56 Å². The number of sulfonamides is 1. The average molecular weight is 288 g/mol. The Hall–Kier alpha value is -1.14. The largest absolute Gasteiger partial charge is 0.398 e. The highest BCUT2D eigenvalue weighted by Crippen LogP contribution is 2.22. The van der Waals surface area contributed by atoms with Gasteiger partial charge in [-0.05, 0) is 37.5 Å². The van der Waals surface area contributed by atoms with Gasteiger partial charge >= 0.3 is 0 Å². The van der Waals surface area contributed by atoms with Crippen molar-refractivity contribution in [3.05, 3.63) is 23.5 Å². The molecule has 19 heavy (non-hydrogen) atoms. The van der Waals surface area contributed by atoms with Crippen LogP contribution in [0.5, 0.6) is 0 Å². The van der Waals surface area contributed by atoms with Gasteiger partial charge in [0.25, 0.3) is 0 Å². The Morgan fingerprint density at radius 2 is 1.95 bits per heavy atom. The van der Waals surface area contributed by atoms with Gasteiger partial charge in [-0.3, -0.25) is 0 Å². The van der Waals surface area contributed by atoms with Crippen molar-refractivity contribution in [3.63, 3.8) is 0 Å². The lowest BCUT2D eigenvalue weighted by Gasteiger charge is -2.20. The van der Waals surface area contributed by atoms with Crippen molar-refractivity contribution in [2.24, 2.45) is 5.92 Å². The van der Waals surface area contributed by atoms with Crippen LogP contribution in [0, 0.1) is 18.7 Å². The molecule has 0 aliphatic carbocycles. The number of benzene rings is 1. The number of nitrogens with two attached hydrogens (primary N) is 1. The van der Waals surface area contributed by atoms with E-state index >= 15 is 0 Å². The molecule has 2 atom stereocenters. The number of nitrogen functional groups attached to an aromatic ring is 1. The van der Waals surface area contributed by atoms with Crippen LogP contribution in [-0.2, 0) is 10.0 Å². The fraction of sp³-hybridized carbons (Fsp3) is 0.538. The van der Waals surface area contributed by atoms with E-state index in [1.165, 1.54) is 0 Å². The van der Waals surface area contributed by atoms with E-state index in [9.17, 15) is 12.8 Å². The molecule has 0 fully saturated rings. The van der Waals surface area contributed by atoms with Crippen molar-refractivity contribution >= 4 is 15.7 Å². The molecule has 0 aromatic heterocycles. The third kappa shape index (κ3) is 3.67. The maximum Gasteiger partial charge on any atom is 0.243 e. The number of hydrogen-bond donors (Lipinski definition) is 2. The molecule has 1 rings (SSSR count). The van der Waals surface area contributed by atoms with Crippen molar-refractivity contribution in [1.82, 2.24) is 4.72 Å². The Bertz CT molecular complexity index is 558. The standard InChI is InChI=1S/C13H21FN2O2S/c1-5-8(2)10(4)16-19(17,18)13-7-12(15)9(3)6-11(13)14/h6-8,10,16H,5,15H2,1-4H3. The predicted molar refractivity (Wildman–Crippen MR) is 74.8 cm³/mol. The molecule has 6 heteroatoms. The van der Waals surface area contributed by atoms with Crippen molar-refractivity contribution < 1.29 is 12.8 Å². The van der Waals surface area contributed by atoms with E-state index in [0.717, 1.165) is 18.6 Å². The normalized spacial score (nSPS) is 15.2. The molecule has 0 aliphatic heterocycles. The highest BCUT2D eigenvalue weighted by atomic mass is 32.2. The number of rotatable bonds is 5. The van der Waals surface area contributed by atoms with Crippen LogP contribution < -0.4 is 10.5 Å². The molecule has 0 saturated carbocycles. The van der Waals surface area contributed by atoms with Crippen molar-refractivity contribution in [2.45, 2.75) is 45.1 Å². The van der Waals surface area contributed by atoms with Crippen LogP contribution in [0.3, 0.4) is 0 Å². The number of aryl methyl sites for hydroxylation is 1. The first-order valence-electron chi connectivity index (χ1n) is 6.27. The van der Waals surface area contributed by atoms with Crippen LogP contribution in [0.25, 0.3) is 0 Å². The highest BCUT2D eigenvalue weighted by molar-refractivity contribution is 7.89. The second-order valence-electron chi connectivity index (χ2n) is 4.93. The van der Waals surface area contributed by atoms with E-state index in [4.69, 9.17) is 5.73 Å². The smallest absolute Gasteiger partial charge is 0.243 e. The molecule has 1 aromatic carbocycles. The first kappa shape index (κ1) is 15.9. The Balaban J connectivity index is 3.11. The summed E-state index contributed by atoms with van der Waals surface area (Å²) in [6.45, 7) is 7.30. The number of anilines is 1. The summed E-state index contributed by atoms with van der Waals surface area (Å²) in [7, 11) is -3.89. The van der Waals surface area contributed by atoms with Gasteiger partial charge in [0, 0.05) is 11.7 Å². The molecule has 2 unspecified atom stereocenters. The van der Waals surface area contributed by atoms with Gasteiger partial charge in [0.1, 0.15) is 10.7 Å². The summed E-state index contributed by atoms with van der Waals surface area (Å²) in [6.07, 6.45) is 0.836. The molecule has 0 radical (unpaired) electrons. The van der Waals surface area contributed by atoms with E-state index in [1.54, 1.807) is 13.8 Å². The van der Waals surface area contributed by atoms with E-state index in [2.05, 4.69) is 4.72 Å². The minimum absolute atomic E-state index is 0.167. The van der Waals surface area contributed by atoms with Gasteiger partial charge in [0.05, 0.1) is 0 Å². The zero-order valence-electron chi connectivity index (χ0n) is 11.7. The van der Waals surface area contributed by atoms with Gasteiger partial charge in [0.15, 0.2) is 0 Å². The summed E-state index contributed by atoms with van der Waals surface area (Å²) in [6, 6.07) is 2.03. The molecule has 0 amide bonds. The summed E-state index contributed by atoms with van der Waals surface area (Å²) in [5, 5.41) is 0. The maximum absolute atomic E-state index is 13.8. The first-order chi connectivity index (χ1) is 8.69. The summed E-state index contributed by atoms with van der Waals surface area (Å²) in [4.78, 5) is -0.397. The molecule has 4 nitrogen and oxygen atoms in total. The topological polar surface area (TPSA) is 72.2 Å². The van der Waals surface area contributed by atoms with E-state index in [1.807, 2.05) is 13.8 Å². The lowest BCUT2D eigenvalue weighted by molar-refractivity contribution is 0.432. The van der Waals surface area contributed by atoms with Crippen LogP contribution in [0.4, 0.5) is 10.1 Å². The minimum Gasteiger partial charge on any atom is -0.398 e. The molecule has 0 heterocycles. The number of nitrogens with one attached hydrogen (secondary N) is 1. The van der Waals surface area contributed by atoms with E-state index < -0.39 is 20.7 Å². The van der Waals surface area contributed by atoms with Crippen LogP contribution in [0.1, 0.15) is 32.8 Å². The molecular weight excluding hydrogens is 267 g/mol. The summed E-state index contributed by atoms with van der Waals surface area (Å²) >= 11 is 0. The van der Waals surface area contributed by atoms with Gasteiger partial charge in [-0.25, -0.2) is 17.5 Å². The Kier molecular flexibility index (Phi) is 4.92. The third-order valence-corrected chi connectivity index (χ3v) is 5.02. The zero-order chi connectivity index (χ0) is 14.8. The molecule has 108 valence electrons. The maximum atomic E-state index is 13.8. The van der Waals surface area contributed by atoms with Gasteiger partial charge < -0.3 is 5.73 Å². The third-order valence-electron chi connectivity index (χ3n) is 3.45. The average Bonchev–Trinajstić information content (AvgIpc) is 2.31.